The van der Waals surface area contributed by atoms with Crippen LogP contribution in [0.3, 0.4) is 0 Å². The lowest BCUT2D eigenvalue weighted by atomic mass is 10.0. The Bertz CT molecular complexity index is 791. The maximum Gasteiger partial charge on any atom is 0.256 e. The van der Waals surface area contributed by atoms with Gasteiger partial charge in [-0.05, 0) is 76.2 Å². The minimum Gasteiger partial charge on any atom is -0.337 e. The number of nitrogens with zero attached hydrogens (tertiary/aromatic N) is 3. The molecule has 0 bridgehead atoms. The standard InChI is InChI=1S/C21H27N3OS/c1-15-9-10-18(13-16(15)2)26-20-19(8-5-11-22-20)21(25)24-12-6-7-17(14-24)23(3)4/h5,8-11,13,17H,6-7,12,14H2,1-4H3. The number of likely N-dealkylation sites (N-methyl/N-ethyl adjacent to an activating group) is 1. The summed E-state index contributed by atoms with van der Waals surface area (Å²) in [6, 6.07) is 10.6. The summed E-state index contributed by atoms with van der Waals surface area (Å²) in [6.07, 6.45) is 3.96. The second-order valence-electron chi connectivity index (χ2n) is 7.22. The van der Waals surface area contributed by atoms with Crippen molar-refractivity contribution < 1.29 is 4.79 Å². The van der Waals surface area contributed by atoms with Crippen LogP contribution in [-0.4, -0.2) is 53.9 Å². The number of carbonyl (C=O) groups is 1. The Hall–Kier alpha value is -1.85. The minimum absolute atomic E-state index is 0.0935. The van der Waals surface area contributed by atoms with Crippen molar-refractivity contribution in [2.24, 2.45) is 0 Å². The molecule has 1 aliphatic heterocycles. The fraction of sp³-hybridized carbons (Fsp3) is 0.429. The quantitative estimate of drug-likeness (QED) is 0.816. The number of piperidine rings is 1. The molecule has 0 radical (unpaired) electrons. The van der Waals surface area contributed by atoms with Crippen molar-refractivity contribution in [1.29, 1.82) is 0 Å². The van der Waals surface area contributed by atoms with Crippen molar-refractivity contribution in [2.75, 3.05) is 27.2 Å². The maximum absolute atomic E-state index is 13.2. The first kappa shape index (κ1) is 18.9. The van der Waals surface area contributed by atoms with E-state index in [1.54, 1.807) is 18.0 Å². The van der Waals surface area contributed by atoms with Crippen LogP contribution in [0.1, 0.15) is 34.3 Å². The third-order valence-electron chi connectivity index (χ3n) is 5.11. The molecule has 1 aromatic carbocycles. The van der Waals surface area contributed by atoms with E-state index >= 15 is 0 Å². The third-order valence-corrected chi connectivity index (χ3v) is 6.12. The molecule has 2 aromatic rings. The molecule has 1 unspecified atom stereocenters. The van der Waals surface area contributed by atoms with E-state index in [1.807, 2.05) is 17.0 Å². The number of hydrogen-bond donors (Lipinski definition) is 0. The first-order chi connectivity index (χ1) is 12.5. The van der Waals surface area contributed by atoms with Crippen LogP contribution < -0.4 is 0 Å². The highest BCUT2D eigenvalue weighted by Gasteiger charge is 2.27. The lowest BCUT2D eigenvalue weighted by Crippen LogP contribution is -2.47. The van der Waals surface area contributed by atoms with Gasteiger partial charge in [0.1, 0.15) is 5.03 Å². The normalized spacial score (nSPS) is 17.6. The van der Waals surface area contributed by atoms with E-state index in [1.165, 1.54) is 11.1 Å². The second kappa shape index (κ2) is 8.23. The SMILES string of the molecule is Cc1ccc(Sc2ncccc2C(=O)N2CCCC(N(C)C)C2)cc1C. The van der Waals surface area contributed by atoms with Crippen LogP contribution in [0, 0.1) is 13.8 Å². The molecule has 0 spiro atoms. The molecular weight excluding hydrogens is 342 g/mol. The van der Waals surface area contributed by atoms with Crippen molar-refractivity contribution in [3.8, 4) is 0 Å². The molecule has 1 fully saturated rings. The molecule has 4 nitrogen and oxygen atoms in total. The molecule has 138 valence electrons. The Kier molecular flexibility index (Phi) is 5.99. The number of pyridine rings is 1. The molecule has 3 rings (SSSR count). The van der Waals surface area contributed by atoms with Crippen molar-refractivity contribution in [1.82, 2.24) is 14.8 Å². The number of carbonyl (C=O) groups excluding carboxylic acids is 1. The summed E-state index contributed by atoms with van der Waals surface area (Å²) in [6.45, 7) is 5.83. The van der Waals surface area contributed by atoms with Gasteiger partial charge in [0.25, 0.3) is 5.91 Å². The van der Waals surface area contributed by atoms with Crippen LogP contribution >= 0.6 is 11.8 Å². The van der Waals surface area contributed by atoms with Crippen LogP contribution in [0.25, 0.3) is 0 Å². The summed E-state index contributed by atoms with van der Waals surface area (Å²) in [7, 11) is 4.17. The van der Waals surface area contributed by atoms with Crippen LogP contribution in [0.2, 0.25) is 0 Å². The summed E-state index contributed by atoms with van der Waals surface area (Å²) in [5.74, 6) is 0.0935. The van der Waals surface area contributed by atoms with Gasteiger partial charge in [0.05, 0.1) is 5.56 Å². The average Bonchev–Trinajstić information content (AvgIpc) is 2.65. The van der Waals surface area contributed by atoms with Gasteiger partial charge in [-0.25, -0.2) is 4.98 Å². The van der Waals surface area contributed by atoms with Gasteiger partial charge in [0.2, 0.25) is 0 Å². The summed E-state index contributed by atoms with van der Waals surface area (Å²) < 4.78 is 0. The van der Waals surface area contributed by atoms with E-state index in [0.717, 1.165) is 35.9 Å². The number of likely N-dealkylation sites (tertiary alicyclic amines) is 1. The first-order valence-electron chi connectivity index (χ1n) is 9.11. The van der Waals surface area contributed by atoms with Crippen molar-refractivity contribution in [3.05, 3.63) is 53.2 Å². The Morgan fingerprint density at radius 1 is 1.23 bits per heavy atom. The molecule has 1 amide bonds. The molecule has 0 aliphatic carbocycles. The maximum atomic E-state index is 13.2. The number of aryl methyl sites for hydroxylation is 2. The molecule has 1 aliphatic rings. The largest absolute Gasteiger partial charge is 0.337 e. The molecule has 1 aromatic heterocycles. The Morgan fingerprint density at radius 2 is 2.04 bits per heavy atom. The number of benzene rings is 1. The Balaban J connectivity index is 1.82. The topological polar surface area (TPSA) is 36.4 Å². The van der Waals surface area contributed by atoms with Crippen molar-refractivity contribution in [2.45, 2.75) is 42.7 Å². The van der Waals surface area contributed by atoms with Gasteiger partial charge in [-0.3, -0.25) is 4.79 Å². The molecule has 1 atom stereocenters. The van der Waals surface area contributed by atoms with Gasteiger partial charge < -0.3 is 9.80 Å². The van der Waals surface area contributed by atoms with Gasteiger partial charge in [-0.15, -0.1) is 0 Å². The third kappa shape index (κ3) is 4.27. The minimum atomic E-state index is 0.0935. The summed E-state index contributed by atoms with van der Waals surface area (Å²) >= 11 is 1.57. The van der Waals surface area contributed by atoms with Crippen molar-refractivity contribution >= 4 is 17.7 Å². The fourth-order valence-corrected chi connectivity index (χ4v) is 4.23. The molecule has 2 heterocycles. The predicted octanol–water partition coefficient (Wildman–Crippen LogP) is 4.02. The molecular formula is C21H27N3OS. The average molecular weight is 370 g/mol. The van der Waals surface area contributed by atoms with Crippen LogP contribution in [-0.2, 0) is 0 Å². The lowest BCUT2D eigenvalue weighted by Gasteiger charge is -2.36. The first-order valence-corrected chi connectivity index (χ1v) is 9.93. The zero-order chi connectivity index (χ0) is 18.7. The highest BCUT2D eigenvalue weighted by molar-refractivity contribution is 7.99. The lowest BCUT2D eigenvalue weighted by molar-refractivity contribution is 0.0631. The van der Waals surface area contributed by atoms with Crippen LogP contribution in [0.15, 0.2) is 46.5 Å². The van der Waals surface area contributed by atoms with E-state index < -0.39 is 0 Å². The number of rotatable bonds is 4. The van der Waals surface area contributed by atoms with E-state index in [-0.39, 0.29) is 5.91 Å². The van der Waals surface area contributed by atoms with Gasteiger partial charge in [0, 0.05) is 30.2 Å². The predicted molar refractivity (Wildman–Crippen MR) is 107 cm³/mol. The van der Waals surface area contributed by atoms with Gasteiger partial charge >= 0.3 is 0 Å². The Labute approximate surface area is 160 Å². The van der Waals surface area contributed by atoms with Crippen LogP contribution in [0.4, 0.5) is 0 Å². The fourth-order valence-electron chi connectivity index (χ4n) is 3.25. The van der Waals surface area contributed by atoms with E-state index in [0.29, 0.717) is 11.6 Å². The Morgan fingerprint density at radius 3 is 2.77 bits per heavy atom. The van der Waals surface area contributed by atoms with Crippen molar-refractivity contribution in [3.63, 3.8) is 0 Å². The number of hydrogen-bond acceptors (Lipinski definition) is 4. The summed E-state index contributed by atoms with van der Waals surface area (Å²) in [5, 5.41) is 0.785. The highest BCUT2D eigenvalue weighted by Crippen LogP contribution is 2.31. The van der Waals surface area contributed by atoms with Gasteiger partial charge in [-0.2, -0.15) is 0 Å². The summed E-state index contributed by atoms with van der Waals surface area (Å²) in [5.41, 5.74) is 3.23. The van der Waals surface area contributed by atoms with Gasteiger partial charge in [-0.1, -0.05) is 17.8 Å². The number of aromatic nitrogens is 1. The molecule has 0 saturated carbocycles. The molecule has 1 saturated heterocycles. The smallest absolute Gasteiger partial charge is 0.256 e. The summed E-state index contributed by atoms with van der Waals surface area (Å²) in [4.78, 5) is 23.0. The molecule has 0 N–H and O–H groups in total. The van der Waals surface area contributed by atoms with E-state index in [2.05, 4.69) is 56.0 Å². The zero-order valence-corrected chi connectivity index (χ0v) is 16.8. The highest BCUT2D eigenvalue weighted by atomic mass is 32.2. The van der Waals surface area contributed by atoms with Gasteiger partial charge in [0.15, 0.2) is 0 Å². The second-order valence-corrected chi connectivity index (χ2v) is 8.28. The van der Waals surface area contributed by atoms with E-state index in [9.17, 15) is 4.79 Å². The van der Waals surface area contributed by atoms with Crippen LogP contribution in [0.5, 0.6) is 0 Å². The van der Waals surface area contributed by atoms with E-state index in [4.69, 9.17) is 0 Å². The monoisotopic (exact) mass is 369 g/mol. The number of amides is 1. The zero-order valence-electron chi connectivity index (χ0n) is 16.0. The molecule has 5 heteroatoms. The molecule has 26 heavy (non-hydrogen) atoms.